The lowest BCUT2D eigenvalue weighted by molar-refractivity contribution is -0.133. The summed E-state index contributed by atoms with van der Waals surface area (Å²) >= 11 is 0. The average Bonchev–Trinajstić information content (AvgIpc) is 3.25. The van der Waals surface area contributed by atoms with E-state index in [9.17, 15) is 9.90 Å². The first-order chi connectivity index (χ1) is 13.7. The molecule has 2 aromatic rings. The third-order valence-electron chi connectivity index (χ3n) is 6.26. The number of nitrogens with zero attached hydrogens (tertiary/aromatic N) is 4. The fraction of sp³-hybridized carbons (Fsp3) is 0.619. The van der Waals surface area contributed by atoms with Crippen LogP contribution in [0.5, 0.6) is 0 Å². The highest BCUT2D eigenvalue weighted by Gasteiger charge is 2.30. The molecule has 0 bridgehead atoms. The van der Waals surface area contributed by atoms with Crippen LogP contribution in [0.1, 0.15) is 63.8 Å². The summed E-state index contributed by atoms with van der Waals surface area (Å²) in [4.78, 5) is 20.7. The molecule has 2 aliphatic rings. The SMILES string of the molecule is O=C(NC1CCC(n2cc(-c3ccncn3)cn2)CC1)[C@H](O)C1CCCCC1. The molecule has 7 nitrogen and oxygen atoms in total. The lowest BCUT2D eigenvalue weighted by Crippen LogP contribution is -2.46. The van der Waals surface area contributed by atoms with Crippen molar-refractivity contribution in [2.45, 2.75) is 76.0 Å². The van der Waals surface area contributed by atoms with Gasteiger partial charge in [0.25, 0.3) is 0 Å². The van der Waals surface area contributed by atoms with E-state index in [0.29, 0.717) is 6.04 Å². The van der Waals surface area contributed by atoms with E-state index in [2.05, 4.69) is 20.4 Å². The van der Waals surface area contributed by atoms with Gasteiger partial charge in [0.1, 0.15) is 12.4 Å². The van der Waals surface area contributed by atoms with Crippen molar-refractivity contribution in [1.82, 2.24) is 25.1 Å². The van der Waals surface area contributed by atoms with Crippen molar-refractivity contribution in [1.29, 1.82) is 0 Å². The molecule has 2 N–H and O–H groups in total. The van der Waals surface area contributed by atoms with E-state index in [1.807, 2.05) is 23.1 Å². The number of amides is 1. The van der Waals surface area contributed by atoms with Gasteiger partial charge in [-0.15, -0.1) is 0 Å². The first-order valence-corrected chi connectivity index (χ1v) is 10.5. The number of aliphatic hydroxyl groups is 1. The maximum atomic E-state index is 12.4. The molecule has 150 valence electrons. The molecule has 2 aliphatic carbocycles. The van der Waals surface area contributed by atoms with Crippen LogP contribution < -0.4 is 5.32 Å². The highest BCUT2D eigenvalue weighted by molar-refractivity contribution is 5.81. The predicted octanol–water partition coefficient (Wildman–Crippen LogP) is 2.88. The van der Waals surface area contributed by atoms with E-state index < -0.39 is 6.10 Å². The molecule has 1 amide bonds. The highest BCUT2D eigenvalue weighted by atomic mass is 16.3. The topological polar surface area (TPSA) is 92.9 Å². The van der Waals surface area contributed by atoms with Crippen molar-refractivity contribution >= 4 is 5.91 Å². The summed E-state index contributed by atoms with van der Waals surface area (Å²) in [6.07, 6.45) is 15.5. The molecule has 0 radical (unpaired) electrons. The van der Waals surface area contributed by atoms with Gasteiger partial charge in [0.2, 0.25) is 5.91 Å². The Bertz CT molecular complexity index is 764. The minimum absolute atomic E-state index is 0.134. The molecule has 0 aliphatic heterocycles. The number of carbonyl (C=O) groups excluding carboxylic acids is 1. The van der Waals surface area contributed by atoms with Crippen LogP contribution >= 0.6 is 0 Å². The Labute approximate surface area is 165 Å². The van der Waals surface area contributed by atoms with Gasteiger partial charge in [-0.05, 0) is 50.5 Å². The van der Waals surface area contributed by atoms with Crippen molar-refractivity contribution < 1.29 is 9.90 Å². The third-order valence-corrected chi connectivity index (χ3v) is 6.26. The summed E-state index contributed by atoms with van der Waals surface area (Å²) < 4.78 is 2.02. The Morgan fingerprint density at radius 3 is 2.64 bits per heavy atom. The maximum Gasteiger partial charge on any atom is 0.249 e. The van der Waals surface area contributed by atoms with Crippen LogP contribution in [0.15, 0.2) is 31.0 Å². The molecule has 2 fully saturated rings. The first kappa shape index (κ1) is 19.1. The number of hydrogen-bond donors (Lipinski definition) is 2. The summed E-state index contributed by atoms with van der Waals surface area (Å²) in [5.41, 5.74) is 1.87. The lowest BCUT2D eigenvalue weighted by atomic mass is 9.84. The van der Waals surface area contributed by atoms with Crippen molar-refractivity contribution in [2.24, 2.45) is 5.92 Å². The monoisotopic (exact) mass is 383 g/mol. The molecule has 2 heterocycles. The molecule has 2 saturated carbocycles. The van der Waals surface area contributed by atoms with Gasteiger partial charge in [-0.3, -0.25) is 9.48 Å². The van der Waals surface area contributed by atoms with E-state index in [-0.39, 0.29) is 17.9 Å². The minimum Gasteiger partial charge on any atom is -0.383 e. The molecular formula is C21H29N5O2. The average molecular weight is 383 g/mol. The zero-order valence-corrected chi connectivity index (χ0v) is 16.2. The van der Waals surface area contributed by atoms with Gasteiger partial charge < -0.3 is 10.4 Å². The van der Waals surface area contributed by atoms with Crippen molar-refractivity contribution in [3.63, 3.8) is 0 Å². The minimum atomic E-state index is -0.848. The molecule has 7 heteroatoms. The van der Waals surface area contributed by atoms with Crippen LogP contribution in [0.25, 0.3) is 11.3 Å². The Balaban J connectivity index is 1.28. The standard InChI is InChI=1S/C21H29N5O2/c27-20(15-4-2-1-3-5-15)21(28)25-17-6-8-18(9-7-17)26-13-16(12-24-26)19-10-11-22-14-23-19/h10-15,17-18,20,27H,1-9H2,(H,25,28)/t17?,18?,20-/m1/s1. The van der Waals surface area contributed by atoms with Crippen LogP contribution in [0, 0.1) is 5.92 Å². The first-order valence-electron chi connectivity index (χ1n) is 10.5. The largest absolute Gasteiger partial charge is 0.383 e. The lowest BCUT2D eigenvalue weighted by Gasteiger charge is -2.31. The Kier molecular flexibility index (Phi) is 6.00. The van der Waals surface area contributed by atoms with Gasteiger partial charge in [0.15, 0.2) is 0 Å². The number of nitrogens with one attached hydrogen (secondary N) is 1. The van der Waals surface area contributed by atoms with Crippen LogP contribution in [0.4, 0.5) is 0 Å². The second-order valence-electron chi connectivity index (χ2n) is 8.16. The Hall–Kier alpha value is -2.28. The van der Waals surface area contributed by atoms with E-state index in [4.69, 9.17) is 0 Å². The Morgan fingerprint density at radius 2 is 1.93 bits per heavy atom. The molecule has 28 heavy (non-hydrogen) atoms. The molecular weight excluding hydrogens is 354 g/mol. The van der Waals surface area contributed by atoms with Crippen LogP contribution in [-0.2, 0) is 4.79 Å². The molecule has 0 unspecified atom stereocenters. The van der Waals surface area contributed by atoms with E-state index in [1.54, 1.807) is 12.5 Å². The number of hydrogen-bond acceptors (Lipinski definition) is 5. The van der Waals surface area contributed by atoms with Gasteiger partial charge >= 0.3 is 0 Å². The number of aromatic nitrogens is 4. The second kappa shape index (κ2) is 8.82. The van der Waals surface area contributed by atoms with Crippen molar-refractivity contribution in [3.05, 3.63) is 31.0 Å². The van der Waals surface area contributed by atoms with E-state index in [1.165, 1.54) is 6.42 Å². The van der Waals surface area contributed by atoms with Gasteiger partial charge in [0.05, 0.1) is 17.9 Å². The molecule has 0 aromatic carbocycles. The molecule has 0 spiro atoms. The zero-order valence-electron chi connectivity index (χ0n) is 16.2. The fourth-order valence-electron chi connectivity index (χ4n) is 4.57. The summed E-state index contributed by atoms with van der Waals surface area (Å²) in [5, 5.41) is 18.0. The normalized spacial score (nSPS) is 24.6. The number of rotatable bonds is 5. The second-order valence-corrected chi connectivity index (χ2v) is 8.16. The quantitative estimate of drug-likeness (QED) is 0.828. The van der Waals surface area contributed by atoms with Gasteiger partial charge in [-0.2, -0.15) is 5.10 Å². The van der Waals surface area contributed by atoms with Crippen LogP contribution in [0.3, 0.4) is 0 Å². The maximum absolute atomic E-state index is 12.4. The predicted molar refractivity (Wildman–Crippen MR) is 105 cm³/mol. The van der Waals surface area contributed by atoms with Gasteiger partial charge in [0, 0.05) is 24.0 Å². The van der Waals surface area contributed by atoms with Gasteiger partial charge in [-0.1, -0.05) is 19.3 Å². The summed E-state index contributed by atoms with van der Waals surface area (Å²) in [6, 6.07) is 2.37. The van der Waals surface area contributed by atoms with E-state index >= 15 is 0 Å². The number of aliphatic hydroxyl groups excluding tert-OH is 1. The zero-order chi connectivity index (χ0) is 19.3. The van der Waals surface area contributed by atoms with Crippen LogP contribution in [-0.4, -0.2) is 42.9 Å². The fourth-order valence-corrected chi connectivity index (χ4v) is 4.57. The highest BCUT2D eigenvalue weighted by Crippen LogP contribution is 2.30. The van der Waals surface area contributed by atoms with E-state index in [0.717, 1.165) is 62.6 Å². The smallest absolute Gasteiger partial charge is 0.249 e. The van der Waals surface area contributed by atoms with Crippen LogP contribution in [0.2, 0.25) is 0 Å². The van der Waals surface area contributed by atoms with Crippen molar-refractivity contribution in [2.75, 3.05) is 0 Å². The molecule has 2 aromatic heterocycles. The molecule has 0 saturated heterocycles. The van der Waals surface area contributed by atoms with Gasteiger partial charge in [-0.25, -0.2) is 9.97 Å². The molecule has 4 rings (SSSR count). The number of carbonyl (C=O) groups is 1. The summed E-state index contributed by atoms with van der Waals surface area (Å²) in [6.45, 7) is 0. The Morgan fingerprint density at radius 1 is 1.14 bits per heavy atom. The third kappa shape index (κ3) is 4.41. The van der Waals surface area contributed by atoms with Crippen molar-refractivity contribution in [3.8, 4) is 11.3 Å². The summed E-state index contributed by atoms with van der Waals surface area (Å²) in [7, 11) is 0. The summed E-state index contributed by atoms with van der Waals surface area (Å²) in [5.74, 6) is -0.0464. The molecule has 1 atom stereocenters.